The molecular formula is C6H11ClN4O2S. The molecule has 0 atom stereocenters. The third-order valence-corrected chi connectivity index (χ3v) is 3.31. The van der Waals surface area contributed by atoms with Gasteiger partial charge in [0.25, 0.3) is 0 Å². The number of rotatable bonds is 6. The van der Waals surface area contributed by atoms with Gasteiger partial charge in [-0.15, -0.1) is 11.6 Å². The van der Waals surface area contributed by atoms with Crippen LogP contribution in [0.25, 0.3) is 0 Å². The van der Waals surface area contributed by atoms with E-state index in [0.717, 1.165) is 5.82 Å². The standard InChI is InChI=1S/C6H11ClN4O2S/c7-4-14(12,13)10-3-1-2-6-8-5-9-11-6/h5,10H,1-4H2,(H,8,9,11). The summed E-state index contributed by atoms with van der Waals surface area (Å²) in [6.07, 6.45) is 2.73. The zero-order valence-corrected chi connectivity index (χ0v) is 8.98. The Bertz CT molecular complexity index is 350. The fraction of sp³-hybridized carbons (Fsp3) is 0.667. The first-order valence-electron chi connectivity index (χ1n) is 4.01. The van der Waals surface area contributed by atoms with E-state index in [4.69, 9.17) is 11.6 Å². The highest BCUT2D eigenvalue weighted by atomic mass is 35.5. The summed E-state index contributed by atoms with van der Waals surface area (Å²) in [5, 5.41) is 5.95. The topological polar surface area (TPSA) is 87.7 Å². The molecule has 0 bridgehead atoms. The summed E-state index contributed by atoms with van der Waals surface area (Å²) in [4.78, 5) is 3.90. The van der Waals surface area contributed by atoms with Gasteiger partial charge < -0.3 is 0 Å². The van der Waals surface area contributed by atoms with Crippen molar-refractivity contribution in [2.75, 3.05) is 11.8 Å². The van der Waals surface area contributed by atoms with Crippen molar-refractivity contribution < 1.29 is 8.42 Å². The summed E-state index contributed by atoms with van der Waals surface area (Å²) in [5.74, 6) is 0.745. The second-order valence-electron chi connectivity index (χ2n) is 2.65. The first-order chi connectivity index (χ1) is 6.64. The minimum atomic E-state index is -3.29. The van der Waals surface area contributed by atoms with Crippen LogP contribution in [0.2, 0.25) is 0 Å². The molecule has 0 saturated carbocycles. The summed E-state index contributed by atoms with van der Waals surface area (Å²) in [7, 11) is -3.29. The molecule has 0 spiro atoms. The van der Waals surface area contributed by atoms with Gasteiger partial charge >= 0.3 is 0 Å². The van der Waals surface area contributed by atoms with Crippen molar-refractivity contribution in [1.29, 1.82) is 0 Å². The zero-order chi connectivity index (χ0) is 10.4. The average molecular weight is 239 g/mol. The van der Waals surface area contributed by atoms with Crippen molar-refractivity contribution in [2.45, 2.75) is 12.8 Å². The van der Waals surface area contributed by atoms with Gasteiger partial charge in [0.1, 0.15) is 17.4 Å². The summed E-state index contributed by atoms with van der Waals surface area (Å²) in [6.45, 7) is 0.357. The lowest BCUT2D eigenvalue weighted by atomic mass is 10.3. The highest BCUT2D eigenvalue weighted by Crippen LogP contribution is 1.93. The molecule has 80 valence electrons. The molecule has 8 heteroatoms. The molecule has 14 heavy (non-hydrogen) atoms. The lowest BCUT2D eigenvalue weighted by Crippen LogP contribution is -2.25. The average Bonchev–Trinajstić information content (AvgIpc) is 2.65. The Hall–Kier alpha value is -0.660. The van der Waals surface area contributed by atoms with E-state index in [1.165, 1.54) is 6.33 Å². The molecule has 0 aliphatic carbocycles. The number of sulfonamides is 1. The normalized spacial score (nSPS) is 11.8. The molecule has 0 amide bonds. The number of alkyl halides is 1. The highest BCUT2D eigenvalue weighted by molar-refractivity contribution is 7.90. The monoisotopic (exact) mass is 238 g/mol. The summed E-state index contributed by atoms with van der Waals surface area (Å²) in [5.41, 5.74) is 0. The third kappa shape index (κ3) is 4.03. The number of hydrogen-bond donors (Lipinski definition) is 2. The molecule has 0 aromatic carbocycles. The summed E-state index contributed by atoms with van der Waals surface area (Å²) >= 11 is 5.19. The summed E-state index contributed by atoms with van der Waals surface area (Å²) < 4.78 is 24.1. The predicted molar refractivity (Wildman–Crippen MR) is 52.3 cm³/mol. The number of hydrogen-bond acceptors (Lipinski definition) is 4. The molecule has 1 aromatic rings. The first-order valence-corrected chi connectivity index (χ1v) is 6.20. The van der Waals surface area contributed by atoms with Crippen molar-refractivity contribution in [3.63, 3.8) is 0 Å². The van der Waals surface area contributed by atoms with Crippen LogP contribution in [0.5, 0.6) is 0 Å². The van der Waals surface area contributed by atoms with Crippen molar-refractivity contribution in [3.8, 4) is 0 Å². The number of halogens is 1. The molecule has 2 N–H and O–H groups in total. The smallest absolute Gasteiger partial charge is 0.225 e. The molecule has 0 aliphatic rings. The number of H-pyrrole nitrogens is 1. The van der Waals surface area contributed by atoms with Gasteiger partial charge in [0.05, 0.1) is 0 Å². The van der Waals surface area contributed by atoms with Crippen LogP contribution in [0.15, 0.2) is 6.33 Å². The number of nitrogens with zero attached hydrogens (tertiary/aromatic N) is 2. The molecule has 6 nitrogen and oxygen atoms in total. The molecule has 1 rings (SSSR count). The zero-order valence-electron chi connectivity index (χ0n) is 7.40. The lowest BCUT2D eigenvalue weighted by Gasteiger charge is -2.01. The second-order valence-corrected chi connectivity index (χ2v) is 5.04. The Morgan fingerprint density at radius 1 is 1.57 bits per heavy atom. The van der Waals surface area contributed by atoms with Crippen molar-refractivity contribution in [3.05, 3.63) is 12.2 Å². The van der Waals surface area contributed by atoms with Gasteiger partial charge in [0.2, 0.25) is 10.0 Å². The fourth-order valence-corrected chi connectivity index (χ4v) is 1.64. The van der Waals surface area contributed by atoms with Crippen molar-refractivity contribution in [2.24, 2.45) is 0 Å². The van der Waals surface area contributed by atoms with E-state index in [-0.39, 0.29) is 0 Å². The predicted octanol–water partition coefficient (Wildman–Crippen LogP) is -0.147. The van der Waals surface area contributed by atoms with Crippen LogP contribution in [-0.4, -0.2) is 35.4 Å². The largest absolute Gasteiger partial charge is 0.263 e. The molecule has 0 unspecified atom stereocenters. The molecule has 0 radical (unpaired) electrons. The second kappa shape index (κ2) is 5.28. The maximum Gasteiger partial charge on any atom is 0.225 e. The van der Waals surface area contributed by atoms with Crippen LogP contribution in [0, 0.1) is 0 Å². The van der Waals surface area contributed by atoms with E-state index in [2.05, 4.69) is 19.9 Å². The van der Waals surface area contributed by atoms with Crippen LogP contribution in [-0.2, 0) is 16.4 Å². The Morgan fingerprint density at radius 2 is 2.36 bits per heavy atom. The number of aromatic amines is 1. The van der Waals surface area contributed by atoms with Crippen molar-refractivity contribution >= 4 is 21.6 Å². The van der Waals surface area contributed by atoms with Gasteiger partial charge in [-0.05, 0) is 6.42 Å². The first kappa shape index (κ1) is 11.4. The number of aryl methyl sites for hydroxylation is 1. The minimum Gasteiger partial charge on any atom is -0.263 e. The molecule has 0 saturated heterocycles. The Kier molecular flexibility index (Phi) is 4.30. The highest BCUT2D eigenvalue weighted by Gasteiger charge is 2.06. The molecule has 1 aromatic heterocycles. The number of aromatic nitrogens is 3. The van der Waals surface area contributed by atoms with Crippen LogP contribution in [0.1, 0.15) is 12.2 Å². The Labute approximate surface area is 87.1 Å². The van der Waals surface area contributed by atoms with Gasteiger partial charge in [-0.1, -0.05) is 0 Å². The van der Waals surface area contributed by atoms with Crippen LogP contribution in [0.4, 0.5) is 0 Å². The van der Waals surface area contributed by atoms with E-state index < -0.39 is 15.2 Å². The van der Waals surface area contributed by atoms with E-state index in [1.54, 1.807) is 0 Å². The van der Waals surface area contributed by atoms with E-state index in [9.17, 15) is 8.42 Å². The van der Waals surface area contributed by atoms with Gasteiger partial charge in [-0.25, -0.2) is 18.1 Å². The maximum atomic E-state index is 10.9. The quantitative estimate of drug-likeness (QED) is 0.533. The Morgan fingerprint density at radius 3 is 2.93 bits per heavy atom. The fourth-order valence-electron chi connectivity index (χ4n) is 0.873. The van der Waals surface area contributed by atoms with Gasteiger partial charge in [0.15, 0.2) is 0 Å². The maximum absolute atomic E-state index is 10.9. The van der Waals surface area contributed by atoms with E-state index in [1.807, 2.05) is 0 Å². The molecule has 0 aliphatic heterocycles. The van der Waals surface area contributed by atoms with Crippen LogP contribution < -0.4 is 4.72 Å². The van der Waals surface area contributed by atoms with Crippen LogP contribution in [0.3, 0.4) is 0 Å². The lowest BCUT2D eigenvalue weighted by molar-refractivity contribution is 0.583. The Balaban J connectivity index is 2.17. The minimum absolute atomic E-state index is 0.357. The molecule has 1 heterocycles. The molecule has 0 fully saturated rings. The third-order valence-electron chi connectivity index (χ3n) is 1.52. The van der Waals surface area contributed by atoms with Gasteiger partial charge in [-0.3, -0.25) is 5.10 Å². The van der Waals surface area contributed by atoms with Gasteiger partial charge in [-0.2, -0.15) is 5.10 Å². The molecular weight excluding hydrogens is 228 g/mol. The van der Waals surface area contributed by atoms with E-state index in [0.29, 0.717) is 19.4 Å². The van der Waals surface area contributed by atoms with Gasteiger partial charge in [0, 0.05) is 13.0 Å². The van der Waals surface area contributed by atoms with E-state index >= 15 is 0 Å². The summed E-state index contributed by atoms with van der Waals surface area (Å²) in [6, 6.07) is 0. The van der Waals surface area contributed by atoms with Crippen molar-refractivity contribution in [1.82, 2.24) is 19.9 Å². The number of nitrogens with one attached hydrogen (secondary N) is 2. The SMILES string of the molecule is O=S(=O)(CCl)NCCCc1ncn[nH]1. The van der Waals surface area contributed by atoms with Crippen LogP contribution >= 0.6 is 11.6 Å².